The van der Waals surface area contributed by atoms with Gasteiger partial charge in [-0.1, -0.05) is 38.1 Å². The Morgan fingerprint density at radius 1 is 1.24 bits per heavy atom. The minimum absolute atomic E-state index is 0.474. The Morgan fingerprint density at radius 3 is 2.86 bits per heavy atom. The molecule has 3 heteroatoms. The van der Waals surface area contributed by atoms with Gasteiger partial charge in [-0.3, -0.25) is 0 Å². The fourth-order valence-corrected chi connectivity index (χ4v) is 5.22. The van der Waals surface area contributed by atoms with Crippen molar-refractivity contribution in [2.24, 2.45) is 5.92 Å². The van der Waals surface area contributed by atoms with Crippen LogP contribution in [0.4, 0.5) is 0 Å². The molecule has 2 aromatic rings. The lowest BCUT2D eigenvalue weighted by Crippen LogP contribution is -2.00. The fourth-order valence-electron chi connectivity index (χ4n) is 2.83. The molecule has 0 saturated heterocycles. The maximum Gasteiger partial charge on any atom is 0.113 e. The third-order valence-electron chi connectivity index (χ3n) is 3.83. The van der Waals surface area contributed by atoms with Gasteiger partial charge >= 0.3 is 0 Å². The van der Waals surface area contributed by atoms with Gasteiger partial charge in [0.05, 0.1) is 0 Å². The lowest BCUT2D eigenvalue weighted by atomic mass is 9.98. The largest absolute Gasteiger partial charge is 0.383 e. The smallest absolute Gasteiger partial charge is 0.113 e. The zero-order valence-corrected chi connectivity index (χ0v) is 14.3. The van der Waals surface area contributed by atoms with Gasteiger partial charge < -0.3 is 5.11 Å². The van der Waals surface area contributed by atoms with Gasteiger partial charge in [0, 0.05) is 15.5 Å². The number of aliphatic hydroxyl groups excluding tert-OH is 1. The standard InChI is InChI=1S/C18H22OS2/c1-12(2)8-13-4-3-5-14(9-13)18(19)17-10-15-11-20-7-6-16(15)21-17/h3-5,9-10,12,18-19H,6-8,11H2,1-2H3. The molecular formula is C18H22OS2. The summed E-state index contributed by atoms with van der Waals surface area (Å²) in [5.41, 5.74) is 3.78. The molecule has 1 aromatic heterocycles. The van der Waals surface area contributed by atoms with E-state index in [1.165, 1.54) is 21.8 Å². The van der Waals surface area contributed by atoms with Crippen LogP contribution in [0.3, 0.4) is 0 Å². The van der Waals surface area contributed by atoms with E-state index < -0.39 is 6.10 Å². The van der Waals surface area contributed by atoms with Gasteiger partial charge in [-0.15, -0.1) is 11.3 Å². The van der Waals surface area contributed by atoms with Gasteiger partial charge in [-0.2, -0.15) is 11.8 Å². The molecule has 0 radical (unpaired) electrons. The van der Waals surface area contributed by atoms with Gasteiger partial charge in [0.2, 0.25) is 0 Å². The van der Waals surface area contributed by atoms with Crippen molar-refractivity contribution >= 4 is 23.1 Å². The summed E-state index contributed by atoms with van der Waals surface area (Å²) in [5.74, 6) is 2.96. The van der Waals surface area contributed by atoms with Crippen LogP contribution in [0, 0.1) is 5.92 Å². The number of aliphatic hydroxyl groups is 1. The molecular weight excluding hydrogens is 296 g/mol. The van der Waals surface area contributed by atoms with Gasteiger partial charge in [-0.25, -0.2) is 0 Å². The third kappa shape index (κ3) is 3.53. The lowest BCUT2D eigenvalue weighted by molar-refractivity contribution is 0.224. The summed E-state index contributed by atoms with van der Waals surface area (Å²) >= 11 is 3.79. The van der Waals surface area contributed by atoms with E-state index in [9.17, 15) is 5.11 Å². The Morgan fingerprint density at radius 2 is 2.10 bits per heavy atom. The first kappa shape index (κ1) is 15.1. The van der Waals surface area contributed by atoms with Crippen molar-refractivity contribution in [2.75, 3.05) is 5.75 Å². The third-order valence-corrected chi connectivity index (χ3v) is 6.12. The number of hydrogen-bond donors (Lipinski definition) is 1. The SMILES string of the molecule is CC(C)Cc1cccc(C(O)c2cc3c(s2)CCSC3)c1. The van der Waals surface area contributed by atoms with E-state index in [2.05, 4.69) is 38.1 Å². The Balaban J connectivity index is 1.84. The molecule has 0 bridgehead atoms. The highest BCUT2D eigenvalue weighted by molar-refractivity contribution is 7.98. The molecule has 1 aliphatic rings. The number of thioether (sulfide) groups is 1. The highest BCUT2D eigenvalue weighted by Gasteiger charge is 2.19. The molecule has 1 aliphatic heterocycles. The van der Waals surface area contributed by atoms with Gasteiger partial charge in [0.1, 0.15) is 6.10 Å². The molecule has 0 saturated carbocycles. The molecule has 1 aromatic carbocycles. The first-order valence-electron chi connectivity index (χ1n) is 7.59. The highest BCUT2D eigenvalue weighted by Crippen LogP contribution is 2.36. The van der Waals surface area contributed by atoms with Crippen molar-refractivity contribution in [2.45, 2.75) is 38.5 Å². The quantitative estimate of drug-likeness (QED) is 0.872. The van der Waals surface area contributed by atoms with Crippen LogP contribution in [0.5, 0.6) is 0 Å². The average molecular weight is 319 g/mol. The van der Waals surface area contributed by atoms with Crippen molar-refractivity contribution in [3.8, 4) is 0 Å². The molecule has 0 amide bonds. The molecule has 0 aliphatic carbocycles. The predicted molar refractivity (Wildman–Crippen MR) is 93.2 cm³/mol. The molecule has 1 nitrogen and oxygen atoms in total. The summed E-state index contributed by atoms with van der Waals surface area (Å²) in [6.45, 7) is 4.46. The highest BCUT2D eigenvalue weighted by atomic mass is 32.2. The van der Waals surface area contributed by atoms with Crippen LogP contribution >= 0.6 is 23.1 Å². The summed E-state index contributed by atoms with van der Waals surface area (Å²) < 4.78 is 0. The second-order valence-corrected chi connectivity index (χ2v) is 8.42. The summed E-state index contributed by atoms with van der Waals surface area (Å²) in [7, 11) is 0. The van der Waals surface area contributed by atoms with Crippen LogP contribution in [0.25, 0.3) is 0 Å². The van der Waals surface area contributed by atoms with E-state index in [4.69, 9.17) is 0 Å². The number of benzene rings is 1. The molecule has 21 heavy (non-hydrogen) atoms. The van der Waals surface area contributed by atoms with E-state index in [1.54, 1.807) is 11.3 Å². The zero-order valence-electron chi connectivity index (χ0n) is 12.6. The van der Waals surface area contributed by atoms with Crippen LogP contribution in [0.1, 0.15) is 46.4 Å². The fraction of sp³-hybridized carbons (Fsp3) is 0.444. The Kier molecular flexibility index (Phi) is 4.72. The van der Waals surface area contributed by atoms with Crippen molar-refractivity contribution in [1.82, 2.24) is 0 Å². The first-order valence-corrected chi connectivity index (χ1v) is 9.56. The van der Waals surface area contributed by atoms with E-state index in [0.29, 0.717) is 5.92 Å². The number of hydrogen-bond acceptors (Lipinski definition) is 3. The molecule has 1 atom stereocenters. The van der Waals surface area contributed by atoms with Crippen LogP contribution < -0.4 is 0 Å². The lowest BCUT2D eigenvalue weighted by Gasteiger charge is -2.12. The molecule has 0 spiro atoms. The second kappa shape index (κ2) is 6.55. The summed E-state index contributed by atoms with van der Waals surface area (Å²) in [4.78, 5) is 2.57. The normalized spacial score (nSPS) is 16.0. The zero-order chi connectivity index (χ0) is 14.8. The van der Waals surface area contributed by atoms with Crippen LogP contribution in [-0.4, -0.2) is 10.9 Å². The minimum atomic E-state index is -0.474. The van der Waals surface area contributed by atoms with Gasteiger partial charge in [-0.05, 0) is 47.3 Å². The minimum Gasteiger partial charge on any atom is -0.383 e. The topological polar surface area (TPSA) is 20.2 Å². The van der Waals surface area contributed by atoms with Gasteiger partial charge in [0.25, 0.3) is 0 Å². The Bertz CT molecular complexity index is 592. The van der Waals surface area contributed by atoms with E-state index in [0.717, 1.165) is 29.0 Å². The van der Waals surface area contributed by atoms with Crippen LogP contribution in [-0.2, 0) is 18.6 Å². The maximum atomic E-state index is 10.7. The molecule has 3 rings (SSSR count). The Labute approximate surface area is 135 Å². The van der Waals surface area contributed by atoms with Crippen molar-refractivity contribution < 1.29 is 5.11 Å². The van der Waals surface area contributed by atoms with E-state index in [1.807, 2.05) is 17.8 Å². The molecule has 0 fully saturated rings. The van der Waals surface area contributed by atoms with Crippen molar-refractivity contribution in [1.29, 1.82) is 0 Å². The molecule has 2 heterocycles. The maximum absolute atomic E-state index is 10.7. The number of thiophene rings is 1. The predicted octanol–water partition coefficient (Wildman–Crippen LogP) is 4.82. The molecule has 112 valence electrons. The molecule has 1 N–H and O–H groups in total. The summed E-state index contributed by atoms with van der Waals surface area (Å²) in [6, 6.07) is 10.7. The van der Waals surface area contributed by atoms with Crippen LogP contribution in [0.15, 0.2) is 30.3 Å². The monoisotopic (exact) mass is 318 g/mol. The number of fused-ring (bicyclic) bond motifs is 1. The number of rotatable bonds is 4. The van der Waals surface area contributed by atoms with Crippen molar-refractivity contribution in [3.63, 3.8) is 0 Å². The van der Waals surface area contributed by atoms with Gasteiger partial charge in [0.15, 0.2) is 0 Å². The van der Waals surface area contributed by atoms with Crippen LogP contribution in [0.2, 0.25) is 0 Å². The summed E-state index contributed by atoms with van der Waals surface area (Å²) in [5, 5.41) is 10.7. The average Bonchev–Trinajstić information content (AvgIpc) is 2.90. The van der Waals surface area contributed by atoms with Crippen molar-refractivity contribution in [3.05, 3.63) is 56.8 Å². The Hall–Kier alpha value is -0.770. The van der Waals surface area contributed by atoms with E-state index in [-0.39, 0.29) is 0 Å². The molecule has 1 unspecified atom stereocenters. The van der Waals surface area contributed by atoms with E-state index >= 15 is 0 Å². The summed E-state index contributed by atoms with van der Waals surface area (Å²) in [6.07, 6.45) is 1.75. The second-order valence-electron chi connectivity index (χ2n) is 6.15. The first-order chi connectivity index (χ1) is 10.1. The number of aryl methyl sites for hydroxylation is 1.